The summed E-state index contributed by atoms with van der Waals surface area (Å²) < 4.78 is 16.2. The number of unbranched alkanes of at least 4 members (excludes halogenated alkanes) is 4. The molecule has 3 aromatic rings. The van der Waals surface area contributed by atoms with Gasteiger partial charge in [-0.05, 0) is 24.5 Å². The van der Waals surface area contributed by atoms with Crippen molar-refractivity contribution in [2.24, 2.45) is 0 Å². The van der Waals surface area contributed by atoms with Crippen molar-refractivity contribution in [2.45, 2.75) is 45.4 Å². The third kappa shape index (κ3) is 6.17. The largest absolute Gasteiger partial charge is 0.478 e. The van der Waals surface area contributed by atoms with Crippen molar-refractivity contribution in [1.82, 2.24) is 4.98 Å². The number of hydrogen-bond donors (Lipinski definition) is 0. The number of carbonyl (C=O) groups is 1. The number of ether oxygens (including phenoxy) is 2. The van der Waals surface area contributed by atoms with Crippen LogP contribution in [0.2, 0.25) is 0 Å². The van der Waals surface area contributed by atoms with E-state index in [1.54, 1.807) is 49.5 Å². The standard InChI is InChI=1S/C25H26N2O5/c1-3-24(28)31-14-10-6-4-5-9-13-30-23-16-22-18(17-27-23)15-20(25(29)32-22)19-11-7-8-12-21(19)26-2/h7-8,11-12,15-17H,3-6,9-10,13-14H2,1H3. The van der Waals surface area contributed by atoms with Crippen molar-refractivity contribution in [2.75, 3.05) is 13.2 Å². The van der Waals surface area contributed by atoms with Gasteiger partial charge in [0.15, 0.2) is 5.69 Å². The molecule has 0 bridgehead atoms. The number of para-hydroxylation sites is 1. The quantitative estimate of drug-likeness (QED) is 0.219. The zero-order valence-corrected chi connectivity index (χ0v) is 18.1. The average Bonchev–Trinajstić information content (AvgIpc) is 2.82. The predicted octanol–water partition coefficient (Wildman–Crippen LogP) is 5.69. The lowest BCUT2D eigenvalue weighted by atomic mass is 10.0. The minimum Gasteiger partial charge on any atom is -0.478 e. The molecule has 0 N–H and O–H groups in total. The molecule has 32 heavy (non-hydrogen) atoms. The minimum absolute atomic E-state index is 0.151. The maximum absolute atomic E-state index is 12.5. The second kappa shape index (κ2) is 11.7. The van der Waals surface area contributed by atoms with Crippen LogP contribution in [0, 0.1) is 6.57 Å². The average molecular weight is 434 g/mol. The molecular weight excluding hydrogens is 408 g/mol. The van der Waals surface area contributed by atoms with Gasteiger partial charge in [0, 0.05) is 24.1 Å². The van der Waals surface area contributed by atoms with E-state index in [2.05, 4.69) is 9.83 Å². The molecule has 0 spiro atoms. The summed E-state index contributed by atoms with van der Waals surface area (Å²) in [6.07, 6.45) is 6.84. The minimum atomic E-state index is -0.504. The zero-order chi connectivity index (χ0) is 22.8. The molecule has 166 valence electrons. The van der Waals surface area contributed by atoms with Crippen LogP contribution in [-0.4, -0.2) is 24.2 Å². The van der Waals surface area contributed by atoms with Gasteiger partial charge in [0.25, 0.3) is 0 Å². The van der Waals surface area contributed by atoms with E-state index < -0.39 is 5.63 Å². The number of aromatic nitrogens is 1. The van der Waals surface area contributed by atoms with Crippen LogP contribution in [0.25, 0.3) is 26.9 Å². The molecule has 0 aliphatic heterocycles. The first-order chi connectivity index (χ1) is 15.6. The Labute approximate surface area is 186 Å². The summed E-state index contributed by atoms with van der Waals surface area (Å²) in [6.45, 7) is 10.1. The SMILES string of the molecule is [C-]#[N+]c1ccccc1-c1cc2cnc(OCCCCCCCOC(=O)CC)cc2oc1=O. The fraction of sp³-hybridized carbons (Fsp3) is 0.360. The number of pyridine rings is 1. The second-order valence-corrected chi connectivity index (χ2v) is 7.33. The monoisotopic (exact) mass is 434 g/mol. The van der Waals surface area contributed by atoms with E-state index in [1.807, 2.05) is 0 Å². The molecule has 0 radical (unpaired) electrons. The zero-order valence-electron chi connectivity index (χ0n) is 18.1. The maximum Gasteiger partial charge on any atom is 0.342 e. The molecule has 7 nitrogen and oxygen atoms in total. The maximum atomic E-state index is 12.5. The molecule has 2 heterocycles. The van der Waals surface area contributed by atoms with Crippen LogP contribution in [-0.2, 0) is 9.53 Å². The van der Waals surface area contributed by atoms with Crippen LogP contribution in [0.5, 0.6) is 5.88 Å². The van der Waals surface area contributed by atoms with Gasteiger partial charge < -0.3 is 13.9 Å². The number of rotatable bonds is 11. The molecule has 0 saturated carbocycles. The highest BCUT2D eigenvalue weighted by Gasteiger charge is 2.12. The summed E-state index contributed by atoms with van der Waals surface area (Å²) in [6, 6.07) is 10.2. The Hall–Kier alpha value is -3.66. The summed E-state index contributed by atoms with van der Waals surface area (Å²) in [5.41, 5.74) is 1.17. The topological polar surface area (TPSA) is 83.0 Å². The first kappa shape index (κ1) is 23.0. The Morgan fingerprint density at radius 2 is 1.81 bits per heavy atom. The number of carbonyl (C=O) groups excluding carboxylic acids is 1. The lowest BCUT2D eigenvalue weighted by molar-refractivity contribution is -0.143. The van der Waals surface area contributed by atoms with E-state index in [0.717, 1.165) is 32.1 Å². The first-order valence-corrected chi connectivity index (χ1v) is 10.8. The van der Waals surface area contributed by atoms with Gasteiger partial charge in [-0.3, -0.25) is 4.79 Å². The van der Waals surface area contributed by atoms with Crippen LogP contribution in [0.3, 0.4) is 0 Å². The van der Waals surface area contributed by atoms with E-state index in [0.29, 0.717) is 53.3 Å². The van der Waals surface area contributed by atoms with Gasteiger partial charge in [-0.1, -0.05) is 50.5 Å². The van der Waals surface area contributed by atoms with E-state index in [1.165, 1.54) is 0 Å². The van der Waals surface area contributed by atoms with Crippen LogP contribution in [0.4, 0.5) is 5.69 Å². The van der Waals surface area contributed by atoms with Crippen molar-refractivity contribution in [3.8, 4) is 17.0 Å². The summed E-state index contributed by atoms with van der Waals surface area (Å²) in [5.74, 6) is 0.253. The Bertz CT molecular complexity index is 1160. The number of nitrogens with zero attached hydrogens (tertiary/aromatic N) is 2. The highest BCUT2D eigenvalue weighted by atomic mass is 16.5. The molecule has 0 atom stereocenters. The normalized spacial score (nSPS) is 10.6. The Kier molecular flexibility index (Phi) is 8.38. The predicted molar refractivity (Wildman–Crippen MR) is 122 cm³/mol. The summed E-state index contributed by atoms with van der Waals surface area (Å²) in [7, 11) is 0. The van der Waals surface area contributed by atoms with Crippen molar-refractivity contribution in [1.29, 1.82) is 0 Å². The molecule has 3 rings (SSSR count). The number of benzene rings is 1. The molecular formula is C25H26N2O5. The fourth-order valence-electron chi connectivity index (χ4n) is 3.26. The van der Waals surface area contributed by atoms with E-state index in [9.17, 15) is 9.59 Å². The van der Waals surface area contributed by atoms with Crippen LogP contribution >= 0.6 is 0 Å². The molecule has 1 aromatic carbocycles. The van der Waals surface area contributed by atoms with Gasteiger partial charge in [0.1, 0.15) is 5.58 Å². The van der Waals surface area contributed by atoms with Crippen molar-refractivity contribution in [3.63, 3.8) is 0 Å². The van der Waals surface area contributed by atoms with E-state index in [4.69, 9.17) is 20.5 Å². The molecule has 0 saturated heterocycles. The number of hydrogen-bond acceptors (Lipinski definition) is 6. The smallest absolute Gasteiger partial charge is 0.342 e. The van der Waals surface area contributed by atoms with Crippen LogP contribution in [0.1, 0.15) is 45.4 Å². The summed E-state index contributed by atoms with van der Waals surface area (Å²) in [5, 5.41) is 0.663. The van der Waals surface area contributed by atoms with Crippen LogP contribution in [0.15, 0.2) is 51.8 Å². The van der Waals surface area contributed by atoms with Gasteiger partial charge >= 0.3 is 11.6 Å². The Morgan fingerprint density at radius 1 is 1.06 bits per heavy atom. The Balaban J connectivity index is 1.51. The molecule has 2 aromatic heterocycles. The van der Waals surface area contributed by atoms with Crippen molar-refractivity contribution < 1.29 is 18.7 Å². The molecule has 0 fully saturated rings. The molecule has 0 amide bonds. The van der Waals surface area contributed by atoms with Crippen LogP contribution < -0.4 is 10.4 Å². The molecule has 7 heteroatoms. The van der Waals surface area contributed by atoms with E-state index >= 15 is 0 Å². The molecule has 0 aliphatic carbocycles. The third-order valence-electron chi connectivity index (χ3n) is 5.00. The lowest BCUT2D eigenvalue weighted by Gasteiger charge is -2.07. The molecule has 0 unspecified atom stereocenters. The number of esters is 1. The first-order valence-electron chi connectivity index (χ1n) is 10.8. The van der Waals surface area contributed by atoms with Gasteiger partial charge in [-0.25, -0.2) is 14.6 Å². The summed E-state index contributed by atoms with van der Waals surface area (Å²) >= 11 is 0. The van der Waals surface area contributed by atoms with Crippen molar-refractivity contribution >= 4 is 22.6 Å². The van der Waals surface area contributed by atoms with Gasteiger partial charge in [0.2, 0.25) is 5.88 Å². The van der Waals surface area contributed by atoms with Gasteiger partial charge in [0.05, 0.1) is 25.3 Å². The summed E-state index contributed by atoms with van der Waals surface area (Å²) in [4.78, 5) is 31.3. The Morgan fingerprint density at radius 3 is 2.59 bits per heavy atom. The lowest BCUT2D eigenvalue weighted by Crippen LogP contribution is -2.04. The second-order valence-electron chi connectivity index (χ2n) is 7.33. The molecule has 0 aliphatic rings. The van der Waals surface area contributed by atoms with Gasteiger partial charge in [-0.15, -0.1) is 0 Å². The highest BCUT2D eigenvalue weighted by Crippen LogP contribution is 2.30. The highest BCUT2D eigenvalue weighted by molar-refractivity contribution is 5.85. The van der Waals surface area contributed by atoms with Gasteiger partial charge in [-0.2, -0.15) is 0 Å². The van der Waals surface area contributed by atoms with Crippen molar-refractivity contribution in [3.05, 3.63) is 64.4 Å². The van der Waals surface area contributed by atoms with E-state index in [-0.39, 0.29) is 5.97 Å². The number of fused-ring (bicyclic) bond motifs is 1. The third-order valence-corrected chi connectivity index (χ3v) is 5.00. The fourth-order valence-corrected chi connectivity index (χ4v) is 3.26.